The molecule has 0 radical (unpaired) electrons. The van der Waals surface area contributed by atoms with Crippen molar-refractivity contribution in [1.29, 1.82) is 0 Å². The van der Waals surface area contributed by atoms with Crippen molar-refractivity contribution in [2.45, 2.75) is 59.5 Å². The van der Waals surface area contributed by atoms with Crippen molar-refractivity contribution in [3.63, 3.8) is 0 Å². The first kappa shape index (κ1) is 15.9. The lowest BCUT2D eigenvalue weighted by molar-refractivity contribution is 0.0933. The third-order valence-electron chi connectivity index (χ3n) is 3.75. The van der Waals surface area contributed by atoms with Crippen LogP contribution in [0.15, 0.2) is 0 Å². The van der Waals surface area contributed by atoms with E-state index in [4.69, 9.17) is 5.11 Å². The van der Waals surface area contributed by atoms with Gasteiger partial charge in [-0.2, -0.15) is 0 Å². The topological polar surface area (TPSA) is 35.5 Å². The predicted molar refractivity (Wildman–Crippen MR) is 77.8 cm³/mol. The molecule has 0 saturated carbocycles. The number of nitrogens with one attached hydrogen (secondary N) is 1. The summed E-state index contributed by atoms with van der Waals surface area (Å²) in [6, 6.07) is 1.18. The first-order valence-electron chi connectivity index (χ1n) is 7.40. The molecular formula is C15H32N2O. The highest BCUT2D eigenvalue weighted by atomic mass is 16.3. The van der Waals surface area contributed by atoms with Crippen molar-refractivity contribution in [2.75, 3.05) is 26.2 Å². The van der Waals surface area contributed by atoms with Gasteiger partial charge in [0.1, 0.15) is 0 Å². The lowest BCUT2D eigenvalue weighted by Crippen LogP contribution is -2.52. The number of likely N-dealkylation sites (tertiary alicyclic amines) is 1. The Hall–Kier alpha value is -0.120. The SMILES string of the molecule is CC(C)N1CC(CCO)CC(NCC(C)(C)C)C1. The summed E-state index contributed by atoms with van der Waals surface area (Å²) in [6.45, 7) is 15.0. The number of aliphatic hydroxyl groups is 1. The van der Waals surface area contributed by atoms with Crippen LogP contribution in [-0.2, 0) is 0 Å². The van der Waals surface area contributed by atoms with Crippen LogP contribution in [0.2, 0.25) is 0 Å². The average Bonchev–Trinajstić information content (AvgIpc) is 2.25. The molecule has 2 atom stereocenters. The van der Waals surface area contributed by atoms with Crippen LogP contribution in [0.1, 0.15) is 47.5 Å². The van der Waals surface area contributed by atoms with Crippen molar-refractivity contribution in [2.24, 2.45) is 11.3 Å². The third-order valence-corrected chi connectivity index (χ3v) is 3.75. The number of nitrogens with zero attached hydrogens (tertiary/aromatic N) is 1. The Labute approximate surface area is 113 Å². The summed E-state index contributed by atoms with van der Waals surface area (Å²) in [5.41, 5.74) is 0.340. The predicted octanol–water partition coefficient (Wildman–Crippen LogP) is 2.10. The van der Waals surface area contributed by atoms with Gasteiger partial charge in [0.25, 0.3) is 0 Å². The minimum absolute atomic E-state index is 0.322. The summed E-state index contributed by atoms with van der Waals surface area (Å²) in [5, 5.41) is 12.9. The molecule has 2 N–H and O–H groups in total. The van der Waals surface area contributed by atoms with E-state index in [2.05, 4.69) is 44.8 Å². The number of hydrogen-bond acceptors (Lipinski definition) is 3. The number of aliphatic hydroxyl groups excluding tert-OH is 1. The van der Waals surface area contributed by atoms with Gasteiger partial charge in [-0.3, -0.25) is 4.90 Å². The summed E-state index contributed by atoms with van der Waals surface area (Å²) in [4.78, 5) is 2.55. The van der Waals surface area contributed by atoms with Gasteiger partial charge in [0, 0.05) is 38.3 Å². The van der Waals surface area contributed by atoms with Crippen molar-refractivity contribution in [3.8, 4) is 0 Å². The second-order valence-electron chi connectivity index (χ2n) is 7.30. The van der Waals surface area contributed by atoms with Crippen LogP contribution < -0.4 is 5.32 Å². The summed E-state index contributed by atoms with van der Waals surface area (Å²) in [7, 11) is 0. The summed E-state index contributed by atoms with van der Waals surface area (Å²) >= 11 is 0. The van der Waals surface area contributed by atoms with Crippen LogP contribution >= 0.6 is 0 Å². The van der Waals surface area contributed by atoms with E-state index in [9.17, 15) is 0 Å². The van der Waals surface area contributed by atoms with E-state index in [1.807, 2.05) is 0 Å². The molecule has 108 valence electrons. The molecule has 1 aliphatic heterocycles. The molecule has 3 heteroatoms. The van der Waals surface area contributed by atoms with Gasteiger partial charge < -0.3 is 10.4 Å². The van der Waals surface area contributed by atoms with Gasteiger partial charge in [-0.1, -0.05) is 20.8 Å². The molecule has 1 aliphatic rings. The van der Waals surface area contributed by atoms with Gasteiger partial charge in [-0.25, -0.2) is 0 Å². The van der Waals surface area contributed by atoms with Crippen molar-refractivity contribution < 1.29 is 5.11 Å². The van der Waals surface area contributed by atoms with Crippen molar-refractivity contribution >= 4 is 0 Å². The van der Waals surface area contributed by atoms with E-state index < -0.39 is 0 Å². The van der Waals surface area contributed by atoms with Gasteiger partial charge in [0.05, 0.1) is 0 Å². The van der Waals surface area contributed by atoms with Gasteiger partial charge >= 0.3 is 0 Å². The smallest absolute Gasteiger partial charge is 0.0434 e. The maximum atomic E-state index is 9.15. The van der Waals surface area contributed by atoms with Gasteiger partial charge in [0.15, 0.2) is 0 Å². The Balaban J connectivity index is 2.50. The summed E-state index contributed by atoms with van der Waals surface area (Å²) in [5.74, 6) is 0.642. The molecule has 1 rings (SSSR count). The largest absolute Gasteiger partial charge is 0.396 e. The maximum Gasteiger partial charge on any atom is 0.0434 e. The molecule has 1 saturated heterocycles. The van der Waals surface area contributed by atoms with Crippen molar-refractivity contribution in [1.82, 2.24) is 10.2 Å². The van der Waals surface area contributed by atoms with E-state index in [1.54, 1.807) is 0 Å². The lowest BCUT2D eigenvalue weighted by atomic mass is 9.89. The van der Waals surface area contributed by atoms with Crippen LogP contribution in [0.25, 0.3) is 0 Å². The Morgan fingerprint density at radius 2 is 1.94 bits per heavy atom. The molecule has 0 bridgehead atoms. The zero-order valence-electron chi connectivity index (χ0n) is 12.9. The standard InChI is InChI=1S/C15H32N2O/c1-12(2)17-9-13(6-7-18)8-14(10-17)16-11-15(3,4)5/h12-14,16,18H,6-11H2,1-5H3. The fourth-order valence-electron chi connectivity index (χ4n) is 2.65. The molecule has 18 heavy (non-hydrogen) atoms. The fraction of sp³-hybridized carbons (Fsp3) is 1.00. The molecule has 0 aromatic rings. The van der Waals surface area contributed by atoms with Gasteiger partial charge in [-0.15, -0.1) is 0 Å². The Morgan fingerprint density at radius 1 is 1.28 bits per heavy atom. The molecule has 0 aromatic carbocycles. The highest BCUT2D eigenvalue weighted by Crippen LogP contribution is 2.22. The van der Waals surface area contributed by atoms with Crippen molar-refractivity contribution in [3.05, 3.63) is 0 Å². The van der Waals surface area contributed by atoms with E-state index >= 15 is 0 Å². The molecule has 2 unspecified atom stereocenters. The minimum Gasteiger partial charge on any atom is -0.396 e. The average molecular weight is 256 g/mol. The molecule has 0 aromatic heterocycles. The Morgan fingerprint density at radius 3 is 2.44 bits per heavy atom. The molecule has 3 nitrogen and oxygen atoms in total. The van der Waals surface area contributed by atoms with Crippen LogP contribution in [0.5, 0.6) is 0 Å². The Kier molecular flexibility index (Phi) is 6.09. The highest BCUT2D eigenvalue weighted by Gasteiger charge is 2.28. The van der Waals surface area contributed by atoms with Crippen LogP contribution in [-0.4, -0.2) is 48.3 Å². The van der Waals surface area contributed by atoms with Crippen LogP contribution in [0.3, 0.4) is 0 Å². The second-order valence-corrected chi connectivity index (χ2v) is 7.30. The zero-order chi connectivity index (χ0) is 13.8. The van der Waals surface area contributed by atoms with E-state index in [0.717, 1.165) is 26.1 Å². The minimum atomic E-state index is 0.322. The van der Waals surface area contributed by atoms with E-state index in [0.29, 0.717) is 30.0 Å². The van der Waals surface area contributed by atoms with Crippen LogP contribution in [0.4, 0.5) is 0 Å². The fourth-order valence-corrected chi connectivity index (χ4v) is 2.65. The summed E-state index contributed by atoms with van der Waals surface area (Å²) < 4.78 is 0. The Bertz CT molecular complexity index is 235. The molecule has 0 amide bonds. The van der Waals surface area contributed by atoms with Gasteiger partial charge in [0.2, 0.25) is 0 Å². The number of piperidine rings is 1. The number of hydrogen-bond donors (Lipinski definition) is 2. The molecule has 1 fully saturated rings. The third kappa shape index (κ3) is 5.68. The highest BCUT2D eigenvalue weighted by molar-refractivity contribution is 4.85. The lowest BCUT2D eigenvalue weighted by Gasteiger charge is -2.41. The zero-order valence-corrected chi connectivity index (χ0v) is 12.9. The number of rotatable bonds is 5. The quantitative estimate of drug-likeness (QED) is 0.791. The molecule has 1 heterocycles. The second kappa shape index (κ2) is 6.88. The first-order valence-corrected chi connectivity index (χ1v) is 7.40. The van der Waals surface area contributed by atoms with Gasteiger partial charge in [-0.05, 0) is 38.0 Å². The normalized spacial score (nSPS) is 26.8. The monoisotopic (exact) mass is 256 g/mol. The first-order chi connectivity index (χ1) is 8.31. The van der Waals surface area contributed by atoms with Crippen LogP contribution in [0, 0.1) is 11.3 Å². The van der Waals surface area contributed by atoms with E-state index in [1.165, 1.54) is 6.42 Å². The summed E-state index contributed by atoms with van der Waals surface area (Å²) in [6.07, 6.45) is 2.15. The molecular weight excluding hydrogens is 224 g/mol. The molecule has 0 aliphatic carbocycles. The molecule has 0 spiro atoms. The maximum absolute atomic E-state index is 9.15. The van der Waals surface area contributed by atoms with E-state index in [-0.39, 0.29) is 0 Å².